The van der Waals surface area contributed by atoms with Gasteiger partial charge in [-0.1, -0.05) is 6.07 Å². The second-order valence-corrected chi connectivity index (χ2v) is 9.50. The third-order valence-electron chi connectivity index (χ3n) is 4.82. The molecule has 1 aromatic carbocycles. The molecule has 158 valence electrons. The molecule has 1 aliphatic heterocycles. The standard InChI is InChI=1S/C19H24N2O6S2/c1-25-13-10-16(26-2)14(17(11-13)27-3)12-20-19(22)15-6-4-8-21(15)29(23,24)18-7-5-9-28-18/h5,7,9-11,15H,4,6,8,12H2,1-3H3,(H,20,22)/t15-/m1/s1. The van der Waals surface area contributed by atoms with Crippen LogP contribution in [0.5, 0.6) is 17.2 Å². The first kappa shape index (κ1) is 21.4. The van der Waals surface area contributed by atoms with Gasteiger partial charge in [0, 0.05) is 18.7 Å². The Labute approximate surface area is 174 Å². The quantitative estimate of drug-likeness (QED) is 0.677. The minimum Gasteiger partial charge on any atom is -0.496 e. The number of carbonyl (C=O) groups excluding carboxylic acids is 1. The van der Waals surface area contributed by atoms with E-state index in [0.29, 0.717) is 42.2 Å². The number of hydrogen-bond acceptors (Lipinski definition) is 7. The molecule has 0 saturated carbocycles. The summed E-state index contributed by atoms with van der Waals surface area (Å²) in [6, 6.07) is 5.91. The number of rotatable bonds is 8. The molecule has 8 nitrogen and oxygen atoms in total. The van der Waals surface area contributed by atoms with Crippen molar-refractivity contribution in [2.45, 2.75) is 29.6 Å². The normalized spacial score (nSPS) is 17.1. The summed E-state index contributed by atoms with van der Waals surface area (Å²) in [5, 5.41) is 4.54. The van der Waals surface area contributed by atoms with Crippen molar-refractivity contribution < 1.29 is 27.4 Å². The average Bonchev–Trinajstić information content (AvgIpc) is 3.43. The van der Waals surface area contributed by atoms with Crippen LogP contribution in [0.4, 0.5) is 0 Å². The van der Waals surface area contributed by atoms with Crippen LogP contribution in [0.2, 0.25) is 0 Å². The van der Waals surface area contributed by atoms with Crippen LogP contribution in [0.1, 0.15) is 18.4 Å². The number of ether oxygens (including phenoxy) is 3. The first-order valence-electron chi connectivity index (χ1n) is 9.04. The van der Waals surface area contributed by atoms with E-state index < -0.39 is 16.1 Å². The van der Waals surface area contributed by atoms with E-state index >= 15 is 0 Å². The van der Waals surface area contributed by atoms with Crippen molar-refractivity contribution in [3.05, 3.63) is 35.2 Å². The molecular formula is C19H24N2O6S2. The SMILES string of the molecule is COc1cc(OC)c(CNC(=O)[C@H]2CCCN2S(=O)(=O)c2cccs2)c(OC)c1. The molecule has 1 amide bonds. The number of methoxy groups -OCH3 is 3. The van der Waals surface area contributed by atoms with E-state index in [1.54, 1.807) is 36.8 Å². The Morgan fingerprint density at radius 3 is 2.45 bits per heavy atom. The predicted molar refractivity (Wildman–Crippen MR) is 109 cm³/mol. The summed E-state index contributed by atoms with van der Waals surface area (Å²) in [6.45, 7) is 0.464. The fraction of sp³-hybridized carbons (Fsp3) is 0.421. The van der Waals surface area contributed by atoms with Crippen molar-refractivity contribution in [1.82, 2.24) is 9.62 Å². The molecule has 3 rings (SSSR count). The van der Waals surface area contributed by atoms with E-state index in [4.69, 9.17) is 14.2 Å². The summed E-state index contributed by atoms with van der Waals surface area (Å²) >= 11 is 1.15. The van der Waals surface area contributed by atoms with Crippen LogP contribution in [-0.4, -0.2) is 52.5 Å². The largest absolute Gasteiger partial charge is 0.496 e. The summed E-state index contributed by atoms with van der Waals surface area (Å²) in [4.78, 5) is 12.8. The van der Waals surface area contributed by atoms with Gasteiger partial charge >= 0.3 is 0 Å². The van der Waals surface area contributed by atoms with Gasteiger partial charge in [-0.15, -0.1) is 11.3 Å². The van der Waals surface area contributed by atoms with E-state index in [1.165, 1.54) is 18.5 Å². The number of hydrogen-bond donors (Lipinski definition) is 1. The molecular weight excluding hydrogens is 416 g/mol. The van der Waals surface area contributed by atoms with Gasteiger partial charge in [0.25, 0.3) is 10.0 Å². The lowest BCUT2D eigenvalue weighted by Gasteiger charge is -2.23. The Balaban J connectivity index is 1.77. The molecule has 0 unspecified atom stereocenters. The van der Waals surface area contributed by atoms with Gasteiger partial charge in [-0.2, -0.15) is 4.31 Å². The van der Waals surface area contributed by atoms with Gasteiger partial charge in [0.05, 0.1) is 33.4 Å². The number of carbonyl (C=O) groups is 1. The molecule has 29 heavy (non-hydrogen) atoms. The Morgan fingerprint density at radius 1 is 1.21 bits per heavy atom. The Bertz CT molecular complexity index is 934. The highest BCUT2D eigenvalue weighted by molar-refractivity contribution is 7.91. The monoisotopic (exact) mass is 440 g/mol. The van der Waals surface area contributed by atoms with Crippen molar-refractivity contribution in [2.24, 2.45) is 0 Å². The number of benzene rings is 1. The molecule has 1 fully saturated rings. The van der Waals surface area contributed by atoms with E-state index in [0.717, 1.165) is 11.3 Å². The van der Waals surface area contributed by atoms with Gasteiger partial charge < -0.3 is 19.5 Å². The minimum absolute atomic E-state index is 0.137. The second kappa shape index (κ2) is 9.02. The molecule has 0 bridgehead atoms. The van der Waals surface area contributed by atoms with Crippen LogP contribution in [-0.2, 0) is 21.4 Å². The van der Waals surface area contributed by atoms with Crippen molar-refractivity contribution in [1.29, 1.82) is 0 Å². The van der Waals surface area contributed by atoms with Crippen molar-refractivity contribution in [3.63, 3.8) is 0 Å². The highest BCUT2D eigenvalue weighted by Crippen LogP contribution is 2.34. The molecule has 2 heterocycles. The van der Waals surface area contributed by atoms with Gasteiger partial charge in [-0.25, -0.2) is 8.42 Å². The lowest BCUT2D eigenvalue weighted by atomic mass is 10.1. The van der Waals surface area contributed by atoms with E-state index in [9.17, 15) is 13.2 Å². The molecule has 0 spiro atoms. The summed E-state index contributed by atoms with van der Waals surface area (Å²) in [7, 11) is 0.897. The Hall–Kier alpha value is -2.30. The summed E-state index contributed by atoms with van der Waals surface area (Å²) < 4.78 is 43.3. The smallest absolute Gasteiger partial charge is 0.253 e. The van der Waals surface area contributed by atoms with Crippen molar-refractivity contribution in [2.75, 3.05) is 27.9 Å². The summed E-state index contributed by atoms with van der Waals surface area (Å²) in [5.41, 5.74) is 0.648. The highest BCUT2D eigenvalue weighted by atomic mass is 32.2. The van der Waals surface area contributed by atoms with Gasteiger partial charge in [-0.3, -0.25) is 4.79 Å². The fourth-order valence-electron chi connectivity index (χ4n) is 3.36. The average molecular weight is 441 g/mol. The molecule has 1 atom stereocenters. The van der Waals surface area contributed by atoms with Crippen LogP contribution in [0, 0.1) is 0 Å². The third kappa shape index (κ3) is 4.34. The first-order chi connectivity index (χ1) is 13.9. The third-order valence-corrected chi connectivity index (χ3v) is 8.10. The van der Waals surface area contributed by atoms with Crippen LogP contribution in [0.3, 0.4) is 0 Å². The van der Waals surface area contributed by atoms with E-state index in [2.05, 4.69) is 5.32 Å². The molecule has 1 N–H and O–H groups in total. The highest BCUT2D eigenvalue weighted by Gasteiger charge is 2.39. The molecule has 1 saturated heterocycles. The number of thiophene rings is 1. The van der Waals surface area contributed by atoms with E-state index in [-0.39, 0.29) is 16.7 Å². The summed E-state index contributed by atoms with van der Waals surface area (Å²) in [5.74, 6) is 1.24. The van der Waals surface area contributed by atoms with Crippen LogP contribution in [0.25, 0.3) is 0 Å². The number of sulfonamides is 1. The van der Waals surface area contributed by atoms with Gasteiger partial charge in [0.1, 0.15) is 27.5 Å². The predicted octanol–water partition coefficient (Wildman–Crippen LogP) is 2.24. The Kier molecular flexibility index (Phi) is 6.66. The maximum absolute atomic E-state index is 12.9. The zero-order valence-corrected chi connectivity index (χ0v) is 18.1. The first-order valence-corrected chi connectivity index (χ1v) is 11.4. The van der Waals surface area contributed by atoms with Gasteiger partial charge in [0.15, 0.2) is 0 Å². The van der Waals surface area contributed by atoms with Crippen LogP contribution >= 0.6 is 11.3 Å². The number of amides is 1. The molecule has 1 aliphatic rings. The lowest BCUT2D eigenvalue weighted by molar-refractivity contribution is -0.124. The van der Waals surface area contributed by atoms with Gasteiger partial charge in [-0.05, 0) is 24.3 Å². The van der Waals surface area contributed by atoms with Crippen LogP contribution < -0.4 is 19.5 Å². The summed E-state index contributed by atoms with van der Waals surface area (Å²) in [6.07, 6.45) is 1.12. The molecule has 2 aromatic rings. The number of nitrogens with zero attached hydrogens (tertiary/aromatic N) is 1. The molecule has 1 aromatic heterocycles. The molecule has 0 radical (unpaired) electrons. The van der Waals surface area contributed by atoms with Crippen LogP contribution in [0.15, 0.2) is 33.9 Å². The lowest BCUT2D eigenvalue weighted by Crippen LogP contribution is -2.45. The van der Waals surface area contributed by atoms with Gasteiger partial charge in [0.2, 0.25) is 5.91 Å². The van der Waals surface area contributed by atoms with Crippen molar-refractivity contribution in [3.8, 4) is 17.2 Å². The Morgan fingerprint density at radius 2 is 1.90 bits per heavy atom. The fourth-order valence-corrected chi connectivity index (χ4v) is 6.14. The topological polar surface area (TPSA) is 94.2 Å². The number of nitrogens with one attached hydrogen (secondary N) is 1. The zero-order chi connectivity index (χ0) is 21.0. The molecule has 0 aliphatic carbocycles. The van der Waals surface area contributed by atoms with Crippen molar-refractivity contribution >= 4 is 27.3 Å². The maximum atomic E-state index is 12.9. The van der Waals surface area contributed by atoms with E-state index in [1.807, 2.05) is 0 Å². The maximum Gasteiger partial charge on any atom is 0.253 e. The molecule has 10 heteroatoms. The second-order valence-electron chi connectivity index (χ2n) is 6.43. The minimum atomic E-state index is -3.68. The zero-order valence-electron chi connectivity index (χ0n) is 16.5.